The smallest absolute Gasteiger partial charge is 0.0934 e. The van der Waals surface area contributed by atoms with Gasteiger partial charge in [0.1, 0.15) is 0 Å². The van der Waals surface area contributed by atoms with Gasteiger partial charge < -0.3 is 9.47 Å². The van der Waals surface area contributed by atoms with Gasteiger partial charge in [-0.1, -0.05) is 29.3 Å². The molecule has 1 fully saturated rings. The molecule has 0 spiro atoms. The maximum Gasteiger partial charge on any atom is 0.0934 e. The third-order valence-electron chi connectivity index (χ3n) is 1.81. The molecule has 0 bridgehead atoms. The molecule has 1 aliphatic heterocycles. The SMILES string of the molecule is CCCC(Br)C1COCCO1. The highest BCUT2D eigenvalue weighted by Crippen LogP contribution is 2.17. The fourth-order valence-corrected chi connectivity index (χ4v) is 1.94. The zero-order valence-corrected chi connectivity index (χ0v) is 8.47. The number of halogens is 1. The van der Waals surface area contributed by atoms with E-state index >= 15 is 0 Å². The lowest BCUT2D eigenvalue weighted by molar-refractivity contribution is -0.0877. The van der Waals surface area contributed by atoms with E-state index in [1.54, 1.807) is 0 Å². The van der Waals surface area contributed by atoms with Crippen LogP contribution in [0.3, 0.4) is 0 Å². The average molecular weight is 223 g/mol. The van der Waals surface area contributed by atoms with Crippen molar-refractivity contribution in [2.45, 2.75) is 30.7 Å². The molecule has 1 rings (SSSR count). The standard InChI is InChI=1S/C8H15BrO2/c1-2-3-7(9)8-6-10-4-5-11-8/h7-8H,2-6H2,1H3. The summed E-state index contributed by atoms with van der Waals surface area (Å²) >= 11 is 3.59. The Morgan fingerprint density at radius 2 is 2.36 bits per heavy atom. The molecule has 66 valence electrons. The van der Waals surface area contributed by atoms with Crippen molar-refractivity contribution in [1.82, 2.24) is 0 Å². The maximum absolute atomic E-state index is 5.52. The number of ether oxygens (including phenoxy) is 2. The second-order valence-electron chi connectivity index (χ2n) is 2.79. The third kappa shape index (κ3) is 3.09. The van der Waals surface area contributed by atoms with Crippen molar-refractivity contribution in [2.24, 2.45) is 0 Å². The molecule has 0 N–H and O–H groups in total. The lowest BCUT2D eigenvalue weighted by Crippen LogP contribution is -2.35. The summed E-state index contributed by atoms with van der Waals surface area (Å²) in [5.41, 5.74) is 0. The van der Waals surface area contributed by atoms with Gasteiger partial charge in [-0.3, -0.25) is 0 Å². The molecule has 0 aliphatic carbocycles. The molecule has 0 saturated carbocycles. The van der Waals surface area contributed by atoms with Crippen molar-refractivity contribution in [2.75, 3.05) is 19.8 Å². The van der Waals surface area contributed by atoms with Crippen LogP contribution < -0.4 is 0 Å². The predicted octanol–water partition coefficient (Wildman–Crippen LogP) is 1.97. The van der Waals surface area contributed by atoms with Gasteiger partial charge >= 0.3 is 0 Å². The van der Waals surface area contributed by atoms with Crippen LogP contribution in [0.15, 0.2) is 0 Å². The van der Waals surface area contributed by atoms with Crippen molar-refractivity contribution in [3.8, 4) is 0 Å². The monoisotopic (exact) mass is 222 g/mol. The van der Waals surface area contributed by atoms with Crippen LogP contribution >= 0.6 is 15.9 Å². The van der Waals surface area contributed by atoms with Gasteiger partial charge in [0, 0.05) is 4.83 Å². The van der Waals surface area contributed by atoms with E-state index in [1.165, 1.54) is 6.42 Å². The molecular formula is C8H15BrO2. The summed E-state index contributed by atoms with van der Waals surface area (Å²) in [5.74, 6) is 0. The molecule has 0 radical (unpaired) electrons. The predicted molar refractivity (Wildman–Crippen MR) is 48.2 cm³/mol. The second kappa shape index (κ2) is 5.12. The molecule has 2 atom stereocenters. The minimum Gasteiger partial charge on any atom is -0.376 e. The summed E-state index contributed by atoms with van der Waals surface area (Å²) in [4.78, 5) is 0.466. The first-order chi connectivity index (χ1) is 5.34. The van der Waals surface area contributed by atoms with Crippen LogP contribution in [0.4, 0.5) is 0 Å². The average Bonchev–Trinajstić information content (AvgIpc) is 2.07. The van der Waals surface area contributed by atoms with Gasteiger partial charge in [0.2, 0.25) is 0 Å². The Kier molecular flexibility index (Phi) is 4.41. The molecule has 1 heterocycles. The fourth-order valence-electron chi connectivity index (χ4n) is 1.18. The van der Waals surface area contributed by atoms with E-state index < -0.39 is 0 Å². The van der Waals surface area contributed by atoms with Crippen LogP contribution in [0, 0.1) is 0 Å². The molecule has 1 saturated heterocycles. The first-order valence-electron chi connectivity index (χ1n) is 4.18. The third-order valence-corrected chi connectivity index (χ3v) is 2.86. The Bertz CT molecular complexity index is 102. The normalized spacial score (nSPS) is 28.4. The molecule has 0 aromatic rings. The Morgan fingerprint density at radius 3 is 2.91 bits per heavy atom. The minimum atomic E-state index is 0.267. The van der Waals surface area contributed by atoms with Crippen LogP contribution in [-0.4, -0.2) is 30.8 Å². The van der Waals surface area contributed by atoms with Gasteiger partial charge in [0.25, 0.3) is 0 Å². The molecule has 0 aromatic heterocycles. The Balaban J connectivity index is 2.21. The fraction of sp³-hybridized carbons (Fsp3) is 1.00. The van der Waals surface area contributed by atoms with E-state index in [2.05, 4.69) is 22.9 Å². The molecule has 3 heteroatoms. The zero-order valence-electron chi connectivity index (χ0n) is 6.88. The number of hydrogen-bond acceptors (Lipinski definition) is 2. The van der Waals surface area contributed by atoms with Crippen molar-refractivity contribution >= 4 is 15.9 Å². The first kappa shape index (κ1) is 9.49. The Labute approximate surface area is 76.4 Å². The number of alkyl halides is 1. The summed E-state index contributed by atoms with van der Waals surface area (Å²) in [5, 5.41) is 0. The lowest BCUT2D eigenvalue weighted by atomic mass is 10.1. The minimum absolute atomic E-state index is 0.267. The number of rotatable bonds is 3. The molecule has 0 aromatic carbocycles. The molecular weight excluding hydrogens is 208 g/mol. The van der Waals surface area contributed by atoms with Crippen molar-refractivity contribution < 1.29 is 9.47 Å². The molecule has 2 unspecified atom stereocenters. The summed E-state index contributed by atoms with van der Waals surface area (Å²) < 4.78 is 10.8. The van der Waals surface area contributed by atoms with E-state index in [0.717, 1.165) is 26.2 Å². The van der Waals surface area contributed by atoms with E-state index in [-0.39, 0.29) is 6.10 Å². The van der Waals surface area contributed by atoms with Crippen LogP contribution in [0.2, 0.25) is 0 Å². The molecule has 0 amide bonds. The van der Waals surface area contributed by atoms with E-state index in [9.17, 15) is 0 Å². The topological polar surface area (TPSA) is 18.5 Å². The Morgan fingerprint density at radius 1 is 1.55 bits per heavy atom. The van der Waals surface area contributed by atoms with Crippen LogP contribution in [0.5, 0.6) is 0 Å². The van der Waals surface area contributed by atoms with Gasteiger partial charge in [-0.25, -0.2) is 0 Å². The molecule has 1 aliphatic rings. The molecule has 11 heavy (non-hydrogen) atoms. The van der Waals surface area contributed by atoms with Crippen LogP contribution in [0.25, 0.3) is 0 Å². The van der Waals surface area contributed by atoms with E-state index in [1.807, 2.05) is 0 Å². The lowest BCUT2D eigenvalue weighted by Gasteiger charge is -2.26. The zero-order chi connectivity index (χ0) is 8.10. The summed E-state index contributed by atoms with van der Waals surface area (Å²) in [6.07, 6.45) is 2.62. The van der Waals surface area contributed by atoms with Gasteiger partial charge in [-0.15, -0.1) is 0 Å². The van der Waals surface area contributed by atoms with Crippen molar-refractivity contribution in [1.29, 1.82) is 0 Å². The van der Waals surface area contributed by atoms with Gasteiger partial charge in [0.05, 0.1) is 25.9 Å². The Hall–Kier alpha value is 0.400. The quantitative estimate of drug-likeness (QED) is 0.681. The summed E-state index contributed by atoms with van der Waals surface area (Å²) in [6, 6.07) is 0. The highest BCUT2D eigenvalue weighted by Gasteiger charge is 2.21. The largest absolute Gasteiger partial charge is 0.376 e. The van der Waals surface area contributed by atoms with Crippen LogP contribution in [0.1, 0.15) is 19.8 Å². The van der Waals surface area contributed by atoms with E-state index in [0.29, 0.717) is 4.83 Å². The molecule has 2 nitrogen and oxygen atoms in total. The summed E-state index contributed by atoms with van der Waals surface area (Å²) in [6.45, 7) is 4.42. The van der Waals surface area contributed by atoms with Crippen molar-refractivity contribution in [3.63, 3.8) is 0 Å². The van der Waals surface area contributed by atoms with E-state index in [4.69, 9.17) is 9.47 Å². The van der Waals surface area contributed by atoms with Gasteiger partial charge in [-0.2, -0.15) is 0 Å². The van der Waals surface area contributed by atoms with Crippen LogP contribution in [-0.2, 0) is 9.47 Å². The van der Waals surface area contributed by atoms with Gasteiger partial charge in [-0.05, 0) is 6.42 Å². The van der Waals surface area contributed by atoms with Crippen molar-refractivity contribution in [3.05, 3.63) is 0 Å². The van der Waals surface area contributed by atoms with Gasteiger partial charge in [0.15, 0.2) is 0 Å². The highest BCUT2D eigenvalue weighted by atomic mass is 79.9. The maximum atomic E-state index is 5.52. The summed E-state index contributed by atoms with van der Waals surface area (Å²) in [7, 11) is 0. The number of hydrogen-bond donors (Lipinski definition) is 0. The first-order valence-corrected chi connectivity index (χ1v) is 5.09. The highest BCUT2D eigenvalue weighted by molar-refractivity contribution is 9.09. The second-order valence-corrected chi connectivity index (χ2v) is 3.96.